The maximum Gasteiger partial charge on any atom is 0.264 e. The summed E-state index contributed by atoms with van der Waals surface area (Å²) in [6.07, 6.45) is 0.192. The first-order chi connectivity index (χ1) is 21.5. The predicted octanol–water partition coefficient (Wildman–Crippen LogP) is 6.36. The van der Waals surface area contributed by atoms with Gasteiger partial charge in [-0.1, -0.05) is 83.9 Å². The number of benzene rings is 4. The lowest BCUT2D eigenvalue weighted by Crippen LogP contribution is -2.54. The van der Waals surface area contributed by atoms with Crippen LogP contribution in [0.3, 0.4) is 0 Å². The number of hydrogen-bond donors (Lipinski definition) is 1. The Kier molecular flexibility index (Phi) is 11.5. The van der Waals surface area contributed by atoms with Crippen LogP contribution in [0.1, 0.15) is 25.0 Å². The van der Waals surface area contributed by atoms with Gasteiger partial charge in [0.2, 0.25) is 11.8 Å². The van der Waals surface area contributed by atoms with E-state index in [1.165, 1.54) is 24.1 Å². The van der Waals surface area contributed by atoms with E-state index < -0.39 is 28.5 Å². The van der Waals surface area contributed by atoms with Gasteiger partial charge in [-0.2, -0.15) is 0 Å². The van der Waals surface area contributed by atoms with Crippen molar-refractivity contribution in [3.05, 3.63) is 124 Å². The van der Waals surface area contributed by atoms with Crippen molar-refractivity contribution in [2.45, 2.75) is 43.8 Å². The molecule has 0 radical (unpaired) electrons. The molecule has 2 amide bonds. The fraction of sp³-hybridized carbons (Fsp3) is 0.235. The van der Waals surface area contributed by atoms with Gasteiger partial charge in [-0.25, -0.2) is 8.42 Å². The molecule has 0 aliphatic rings. The molecule has 1 atom stereocenters. The Morgan fingerprint density at radius 3 is 2.11 bits per heavy atom. The average Bonchev–Trinajstić information content (AvgIpc) is 3.03. The van der Waals surface area contributed by atoms with E-state index in [0.717, 1.165) is 9.87 Å². The Bertz CT molecular complexity index is 1720. The number of carbonyl (C=O) groups excluding carboxylic acids is 2. The minimum atomic E-state index is -4.23. The second-order valence-corrected chi connectivity index (χ2v) is 13.3. The first kappa shape index (κ1) is 33.8. The molecule has 0 saturated heterocycles. The molecule has 0 aliphatic heterocycles. The minimum absolute atomic E-state index is 0.00930. The zero-order valence-corrected chi connectivity index (χ0v) is 27.5. The number of anilines is 1. The van der Waals surface area contributed by atoms with Crippen LogP contribution in [0.5, 0.6) is 5.75 Å². The van der Waals surface area contributed by atoms with Crippen molar-refractivity contribution in [3.8, 4) is 5.75 Å². The molecule has 11 heteroatoms. The van der Waals surface area contributed by atoms with Gasteiger partial charge in [-0.05, 0) is 61.4 Å². The highest BCUT2D eigenvalue weighted by Crippen LogP contribution is 2.29. The van der Waals surface area contributed by atoms with Crippen molar-refractivity contribution in [1.82, 2.24) is 10.2 Å². The zero-order chi connectivity index (χ0) is 32.6. The van der Waals surface area contributed by atoms with E-state index in [-0.39, 0.29) is 40.5 Å². The summed E-state index contributed by atoms with van der Waals surface area (Å²) in [5, 5.41) is 3.56. The number of carbonyl (C=O) groups is 2. The Labute approximate surface area is 274 Å². The van der Waals surface area contributed by atoms with Crippen LogP contribution in [0.25, 0.3) is 0 Å². The molecule has 4 aromatic rings. The SMILES string of the molecule is COc1cccc(N(CC(=O)N(Cc2ccc(Cl)c(Cl)c2)C(Cc2ccccc2)C(=O)NC(C)C)S(=O)(=O)c2ccccc2)c1. The van der Waals surface area contributed by atoms with Crippen LogP contribution in [0, 0.1) is 0 Å². The molecular weight excluding hydrogens is 633 g/mol. The van der Waals surface area contributed by atoms with Gasteiger partial charge in [0.1, 0.15) is 18.3 Å². The third kappa shape index (κ3) is 8.78. The molecule has 0 bridgehead atoms. The highest BCUT2D eigenvalue weighted by molar-refractivity contribution is 7.92. The lowest BCUT2D eigenvalue weighted by atomic mass is 10.0. The maximum atomic E-state index is 14.5. The molecule has 236 valence electrons. The predicted molar refractivity (Wildman–Crippen MR) is 178 cm³/mol. The normalized spacial score (nSPS) is 12.0. The summed E-state index contributed by atoms with van der Waals surface area (Å²) in [6.45, 7) is 3.04. The van der Waals surface area contributed by atoms with E-state index in [2.05, 4.69) is 5.32 Å². The Balaban J connectivity index is 1.82. The average molecular weight is 669 g/mol. The number of methoxy groups -OCH3 is 1. The summed E-state index contributed by atoms with van der Waals surface area (Å²) in [7, 11) is -2.75. The summed E-state index contributed by atoms with van der Waals surface area (Å²) in [5.74, 6) is -0.552. The van der Waals surface area contributed by atoms with Crippen molar-refractivity contribution >= 4 is 50.7 Å². The zero-order valence-electron chi connectivity index (χ0n) is 25.2. The summed E-state index contributed by atoms with van der Waals surface area (Å²) < 4.78 is 34.5. The van der Waals surface area contributed by atoms with Crippen molar-refractivity contribution < 1.29 is 22.7 Å². The van der Waals surface area contributed by atoms with Crippen molar-refractivity contribution in [3.63, 3.8) is 0 Å². The minimum Gasteiger partial charge on any atom is -0.497 e. The van der Waals surface area contributed by atoms with Crippen LogP contribution >= 0.6 is 23.2 Å². The molecule has 0 aromatic heterocycles. The third-order valence-electron chi connectivity index (χ3n) is 6.99. The molecule has 0 saturated carbocycles. The van der Waals surface area contributed by atoms with Gasteiger partial charge in [0.25, 0.3) is 10.0 Å². The first-order valence-corrected chi connectivity index (χ1v) is 16.5. The van der Waals surface area contributed by atoms with E-state index in [1.54, 1.807) is 60.7 Å². The van der Waals surface area contributed by atoms with Gasteiger partial charge in [0, 0.05) is 25.1 Å². The molecule has 8 nitrogen and oxygen atoms in total. The second kappa shape index (κ2) is 15.3. The van der Waals surface area contributed by atoms with Crippen molar-refractivity contribution in [2.24, 2.45) is 0 Å². The second-order valence-electron chi connectivity index (χ2n) is 10.7. The number of nitrogens with zero attached hydrogens (tertiary/aromatic N) is 2. The van der Waals surface area contributed by atoms with Gasteiger partial charge in [0.15, 0.2) is 0 Å². The first-order valence-electron chi connectivity index (χ1n) is 14.3. The number of sulfonamides is 1. The summed E-state index contributed by atoms with van der Waals surface area (Å²) in [5.41, 5.74) is 1.68. The van der Waals surface area contributed by atoms with Gasteiger partial charge < -0.3 is 15.0 Å². The van der Waals surface area contributed by atoms with Crippen LogP contribution in [0.15, 0.2) is 108 Å². The Morgan fingerprint density at radius 1 is 0.822 bits per heavy atom. The van der Waals surface area contributed by atoms with E-state index in [4.69, 9.17) is 27.9 Å². The standard InChI is InChI=1S/C34H35Cl2N3O5S/c1-24(2)37-34(41)32(20-25-11-6-4-7-12-25)38(22-26-17-18-30(35)31(36)19-26)33(40)23-39(27-13-10-14-28(21-27)44-3)45(42,43)29-15-8-5-9-16-29/h4-19,21,24,32H,20,22-23H2,1-3H3,(H,37,41). The fourth-order valence-electron chi connectivity index (χ4n) is 4.78. The number of hydrogen-bond acceptors (Lipinski definition) is 5. The quantitative estimate of drug-likeness (QED) is 0.179. The van der Waals surface area contributed by atoms with Crippen molar-refractivity contribution in [2.75, 3.05) is 18.0 Å². The number of halogens is 2. The molecule has 4 rings (SSSR count). The van der Waals surface area contributed by atoms with Gasteiger partial charge in [-0.15, -0.1) is 0 Å². The molecule has 45 heavy (non-hydrogen) atoms. The van der Waals surface area contributed by atoms with Crippen molar-refractivity contribution in [1.29, 1.82) is 0 Å². The van der Waals surface area contributed by atoms with E-state index in [0.29, 0.717) is 16.3 Å². The smallest absolute Gasteiger partial charge is 0.264 e. The molecule has 0 aliphatic carbocycles. The van der Waals surface area contributed by atoms with E-state index in [1.807, 2.05) is 44.2 Å². The van der Waals surface area contributed by atoms with Crippen LogP contribution < -0.4 is 14.4 Å². The largest absolute Gasteiger partial charge is 0.497 e. The van der Waals surface area contributed by atoms with Crippen LogP contribution in [-0.4, -0.2) is 50.9 Å². The lowest BCUT2D eigenvalue weighted by molar-refractivity contribution is -0.140. The molecular formula is C34H35Cl2N3O5S. The number of amides is 2. The summed E-state index contributed by atoms with van der Waals surface area (Å²) in [6, 6.07) is 27.4. The van der Waals surface area contributed by atoms with Gasteiger partial charge in [0.05, 0.1) is 27.7 Å². The van der Waals surface area contributed by atoms with E-state index >= 15 is 0 Å². The maximum absolute atomic E-state index is 14.5. The molecule has 1 N–H and O–H groups in total. The number of ether oxygens (including phenoxy) is 1. The van der Waals surface area contributed by atoms with Crippen LogP contribution in [0.4, 0.5) is 5.69 Å². The Hall–Kier alpha value is -4.05. The third-order valence-corrected chi connectivity index (χ3v) is 9.52. The van der Waals surface area contributed by atoms with Crippen LogP contribution in [-0.2, 0) is 32.6 Å². The molecule has 1 unspecified atom stereocenters. The number of rotatable bonds is 13. The highest BCUT2D eigenvalue weighted by Gasteiger charge is 2.35. The Morgan fingerprint density at radius 2 is 1.49 bits per heavy atom. The molecule has 0 heterocycles. The van der Waals surface area contributed by atoms with Gasteiger partial charge in [-0.3, -0.25) is 13.9 Å². The fourth-order valence-corrected chi connectivity index (χ4v) is 6.53. The van der Waals surface area contributed by atoms with Gasteiger partial charge >= 0.3 is 0 Å². The molecule has 0 fully saturated rings. The monoisotopic (exact) mass is 667 g/mol. The highest BCUT2D eigenvalue weighted by atomic mass is 35.5. The molecule has 0 spiro atoms. The summed E-state index contributed by atoms with van der Waals surface area (Å²) >= 11 is 12.5. The lowest BCUT2D eigenvalue weighted by Gasteiger charge is -2.34. The topological polar surface area (TPSA) is 96.0 Å². The summed E-state index contributed by atoms with van der Waals surface area (Å²) in [4.78, 5) is 29.7. The van der Waals surface area contributed by atoms with E-state index in [9.17, 15) is 18.0 Å². The number of nitrogens with one attached hydrogen (secondary N) is 1. The van der Waals surface area contributed by atoms with Crippen LogP contribution in [0.2, 0.25) is 10.0 Å². The molecule has 4 aromatic carbocycles.